The van der Waals surface area contributed by atoms with Crippen molar-refractivity contribution < 1.29 is 9.53 Å². The zero-order valence-corrected chi connectivity index (χ0v) is 12.5. The van der Waals surface area contributed by atoms with Crippen LogP contribution >= 0.6 is 0 Å². The maximum atomic E-state index is 11.4. The minimum absolute atomic E-state index is 0.307. The molecule has 1 unspecified atom stereocenters. The van der Waals surface area contributed by atoms with Crippen LogP contribution in [0.1, 0.15) is 29.3 Å². The van der Waals surface area contributed by atoms with Crippen LogP contribution in [0.25, 0.3) is 0 Å². The molecule has 0 saturated heterocycles. The molecule has 0 fully saturated rings. The predicted octanol–water partition coefficient (Wildman–Crippen LogP) is 3.91. The first-order valence-corrected chi connectivity index (χ1v) is 7.18. The Balaban J connectivity index is 1.85. The third-order valence-electron chi connectivity index (χ3n) is 3.43. The second-order valence-electron chi connectivity index (χ2n) is 5.14. The summed E-state index contributed by atoms with van der Waals surface area (Å²) in [6.45, 7) is 2.16. The van der Waals surface area contributed by atoms with Gasteiger partial charge in [-0.05, 0) is 49.6 Å². The van der Waals surface area contributed by atoms with Crippen molar-refractivity contribution in [1.82, 2.24) is 0 Å². The summed E-state index contributed by atoms with van der Waals surface area (Å²) in [6, 6.07) is 18.2. The van der Waals surface area contributed by atoms with Gasteiger partial charge in [-0.25, -0.2) is 4.79 Å². The van der Waals surface area contributed by atoms with Crippen molar-refractivity contribution in [3.63, 3.8) is 0 Å². The highest BCUT2D eigenvalue weighted by atomic mass is 16.5. The molecule has 2 aromatic rings. The molecular formula is C18H21NO2. The Bertz CT molecular complexity index is 564. The first kappa shape index (κ1) is 15.1. The summed E-state index contributed by atoms with van der Waals surface area (Å²) >= 11 is 0. The molecule has 2 rings (SSSR count). The fourth-order valence-electron chi connectivity index (χ4n) is 2.20. The lowest BCUT2D eigenvalue weighted by atomic mass is 10.1. The second kappa shape index (κ2) is 7.48. The van der Waals surface area contributed by atoms with Gasteiger partial charge in [0.05, 0.1) is 12.7 Å². The van der Waals surface area contributed by atoms with Gasteiger partial charge >= 0.3 is 5.97 Å². The largest absolute Gasteiger partial charge is 0.465 e. The molecule has 2 aromatic carbocycles. The Morgan fingerprint density at radius 1 is 1.10 bits per heavy atom. The molecule has 0 amide bonds. The van der Waals surface area contributed by atoms with Crippen LogP contribution in [0.5, 0.6) is 0 Å². The van der Waals surface area contributed by atoms with Crippen LogP contribution < -0.4 is 5.32 Å². The number of nitrogens with one attached hydrogen (secondary N) is 1. The van der Waals surface area contributed by atoms with Crippen molar-refractivity contribution >= 4 is 11.7 Å². The Hall–Kier alpha value is -2.29. The number of esters is 1. The SMILES string of the molecule is COC(=O)c1ccc(NC(C)CCc2ccccc2)cc1. The summed E-state index contributed by atoms with van der Waals surface area (Å²) < 4.78 is 4.69. The van der Waals surface area contributed by atoms with Crippen molar-refractivity contribution in [1.29, 1.82) is 0 Å². The van der Waals surface area contributed by atoms with E-state index in [0.717, 1.165) is 18.5 Å². The van der Waals surface area contributed by atoms with E-state index in [1.165, 1.54) is 12.7 Å². The van der Waals surface area contributed by atoms with Gasteiger partial charge in [-0.15, -0.1) is 0 Å². The summed E-state index contributed by atoms with van der Waals surface area (Å²) in [7, 11) is 1.39. The van der Waals surface area contributed by atoms with E-state index in [-0.39, 0.29) is 5.97 Å². The van der Waals surface area contributed by atoms with Gasteiger partial charge in [0.15, 0.2) is 0 Å². The molecule has 110 valence electrons. The number of anilines is 1. The van der Waals surface area contributed by atoms with Gasteiger partial charge < -0.3 is 10.1 Å². The van der Waals surface area contributed by atoms with Gasteiger partial charge in [-0.3, -0.25) is 0 Å². The third kappa shape index (κ3) is 4.63. The monoisotopic (exact) mass is 283 g/mol. The van der Waals surface area contributed by atoms with E-state index in [1.807, 2.05) is 18.2 Å². The van der Waals surface area contributed by atoms with Crippen molar-refractivity contribution in [2.24, 2.45) is 0 Å². The number of ether oxygens (including phenoxy) is 1. The smallest absolute Gasteiger partial charge is 0.337 e. The Morgan fingerprint density at radius 2 is 1.76 bits per heavy atom. The highest BCUT2D eigenvalue weighted by Gasteiger charge is 2.06. The zero-order valence-electron chi connectivity index (χ0n) is 12.5. The number of aryl methyl sites for hydroxylation is 1. The van der Waals surface area contributed by atoms with Crippen molar-refractivity contribution in [3.8, 4) is 0 Å². The van der Waals surface area contributed by atoms with E-state index in [1.54, 1.807) is 12.1 Å². The lowest BCUT2D eigenvalue weighted by Gasteiger charge is -2.15. The molecule has 0 bridgehead atoms. The van der Waals surface area contributed by atoms with Gasteiger partial charge in [-0.2, -0.15) is 0 Å². The van der Waals surface area contributed by atoms with Gasteiger partial charge in [0.25, 0.3) is 0 Å². The molecule has 0 radical (unpaired) electrons. The molecule has 1 N–H and O–H groups in total. The zero-order chi connectivity index (χ0) is 15.1. The first-order chi connectivity index (χ1) is 10.2. The summed E-state index contributed by atoms with van der Waals surface area (Å²) in [5, 5.41) is 3.44. The minimum Gasteiger partial charge on any atom is -0.465 e. The van der Waals surface area contributed by atoms with Gasteiger partial charge in [0.1, 0.15) is 0 Å². The molecule has 0 saturated carbocycles. The van der Waals surface area contributed by atoms with Crippen LogP contribution in [-0.2, 0) is 11.2 Å². The van der Waals surface area contributed by atoms with Gasteiger partial charge in [0, 0.05) is 11.7 Å². The molecule has 3 nitrogen and oxygen atoms in total. The Kier molecular flexibility index (Phi) is 5.38. The van der Waals surface area contributed by atoms with Crippen LogP contribution in [0.4, 0.5) is 5.69 Å². The second-order valence-corrected chi connectivity index (χ2v) is 5.14. The number of benzene rings is 2. The van der Waals surface area contributed by atoms with E-state index in [0.29, 0.717) is 11.6 Å². The number of hydrogen-bond donors (Lipinski definition) is 1. The highest BCUT2D eigenvalue weighted by molar-refractivity contribution is 5.89. The quantitative estimate of drug-likeness (QED) is 0.817. The van der Waals surface area contributed by atoms with E-state index >= 15 is 0 Å². The molecule has 0 aliphatic carbocycles. The van der Waals surface area contributed by atoms with E-state index in [2.05, 4.69) is 41.2 Å². The van der Waals surface area contributed by atoms with Crippen molar-refractivity contribution in [2.75, 3.05) is 12.4 Å². The summed E-state index contributed by atoms with van der Waals surface area (Å²) in [5.74, 6) is -0.307. The molecular weight excluding hydrogens is 262 g/mol. The Morgan fingerprint density at radius 3 is 2.38 bits per heavy atom. The number of carbonyl (C=O) groups is 1. The Labute approximate surface area is 126 Å². The van der Waals surface area contributed by atoms with E-state index in [4.69, 9.17) is 0 Å². The average Bonchev–Trinajstić information content (AvgIpc) is 2.54. The summed E-state index contributed by atoms with van der Waals surface area (Å²) in [4.78, 5) is 11.4. The lowest BCUT2D eigenvalue weighted by Crippen LogP contribution is -2.16. The van der Waals surface area contributed by atoms with Gasteiger partial charge in [0.2, 0.25) is 0 Å². The average molecular weight is 283 g/mol. The van der Waals surface area contributed by atoms with Crippen LogP contribution in [-0.4, -0.2) is 19.1 Å². The highest BCUT2D eigenvalue weighted by Crippen LogP contribution is 2.14. The summed E-state index contributed by atoms with van der Waals surface area (Å²) in [5.41, 5.74) is 2.94. The maximum absolute atomic E-state index is 11.4. The topological polar surface area (TPSA) is 38.3 Å². The number of hydrogen-bond acceptors (Lipinski definition) is 3. The predicted molar refractivity (Wildman–Crippen MR) is 85.6 cm³/mol. The normalized spacial score (nSPS) is 11.7. The molecule has 0 spiro atoms. The lowest BCUT2D eigenvalue weighted by molar-refractivity contribution is 0.0601. The molecule has 0 heterocycles. The van der Waals surface area contributed by atoms with Crippen molar-refractivity contribution in [3.05, 3.63) is 65.7 Å². The maximum Gasteiger partial charge on any atom is 0.337 e. The van der Waals surface area contributed by atoms with Crippen molar-refractivity contribution in [2.45, 2.75) is 25.8 Å². The van der Waals surface area contributed by atoms with Crippen LogP contribution in [0.15, 0.2) is 54.6 Å². The van der Waals surface area contributed by atoms with Crippen LogP contribution in [0.2, 0.25) is 0 Å². The molecule has 21 heavy (non-hydrogen) atoms. The molecule has 0 aliphatic heterocycles. The third-order valence-corrected chi connectivity index (χ3v) is 3.43. The standard InChI is InChI=1S/C18H21NO2/c1-14(8-9-15-6-4-3-5-7-15)19-17-12-10-16(11-13-17)18(20)21-2/h3-7,10-14,19H,8-9H2,1-2H3. The number of methoxy groups -OCH3 is 1. The van der Waals surface area contributed by atoms with E-state index in [9.17, 15) is 4.79 Å². The summed E-state index contributed by atoms with van der Waals surface area (Å²) in [6.07, 6.45) is 2.11. The van der Waals surface area contributed by atoms with Crippen LogP contribution in [0.3, 0.4) is 0 Å². The molecule has 3 heteroatoms. The number of carbonyl (C=O) groups excluding carboxylic acids is 1. The van der Waals surface area contributed by atoms with Gasteiger partial charge in [-0.1, -0.05) is 30.3 Å². The number of rotatable bonds is 6. The van der Waals surface area contributed by atoms with Crippen LogP contribution in [0, 0.1) is 0 Å². The molecule has 1 atom stereocenters. The van der Waals surface area contributed by atoms with E-state index < -0.39 is 0 Å². The molecule has 0 aliphatic rings. The first-order valence-electron chi connectivity index (χ1n) is 7.18. The minimum atomic E-state index is -0.307. The fraction of sp³-hybridized carbons (Fsp3) is 0.278. The fourth-order valence-corrected chi connectivity index (χ4v) is 2.20. The molecule has 0 aromatic heterocycles.